The number of benzene rings is 1. The first-order chi connectivity index (χ1) is 8.70. The van der Waals surface area contributed by atoms with E-state index in [9.17, 15) is 9.50 Å². The fourth-order valence-electron chi connectivity index (χ4n) is 3.25. The van der Waals surface area contributed by atoms with E-state index < -0.39 is 6.10 Å². The molecule has 1 saturated carbocycles. The van der Waals surface area contributed by atoms with Gasteiger partial charge in [0.05, 0.1) is 6.10 Å². The molecule has 1 aromatic rings. The molecule has 18 heavy (non-hydrogen) atoms. The summed E-state index contributed by atoms with van der Waals surface area (Å²) in [5.41, 5.74) is 0.733. The highest BCUT2D eigenvalue weighted by Crippen LogP contribution is 2.38. The Bertz CT molecular complexity index is 375. The molecule has 0 aromatic heterocycles. The van der Waals surface area contributed by atoms with E-state index in [0.29, 0.717) is 5.92 Å². The molecule has 0 heterocycles. The highest BCUT2D eigenvalue weighted by atomic mass is 19.1. The summed E-state index contributed by atoms with van der Waals surface area (Å²) < 4.78 is 13.2. The molecule has 0 bridgehead atoms. The molecule has 2 heteroatoms. The second kappa shape index (κ2) is 6.33. The van der Waals surface area contributed by atoms with Gasteiger partial charge in [-0.15, -0.1) is 0 Å². The summed E-state index contributed by atoms with van der Waals surface area (Å²) in [5.74, 6) is 0.793. The van der Waals surface area contributed by atoms with Crippen molar-refractivity contribution in [2.45, 2.75) is 51.6 Å². The SMILES string of the molecule is CCC[C@H]1CCC[C@@H]([C@@H](O)c2cccc(F)c2)C1. The summed E-state index contributed by atoms with van der Waals surface area (Å²) in [7, 11) is 0. The summed E-state index contributed by atoms with van der Waals surface area (Å²) in [6.07, 6.45) is 6.62. The maximum absolute atomic E-state index is 13.2. The largest absolute Gasteiger partial charge is 0.388 e. The van der Waals surface area contributed by atoms with Gasteiger partial charge in [0.15, 0.2) is 0 Å². The number of hydrogen-bond acceptors (Lipinski definition) is 1. The van der Waals surface area contributed by atoms with E-state index in [4.69, 9.17) is 0 Å². The van der Waals surface area contributed by atoms with Gasteiger partial charge in [0.2, 0.25) is 0 Å². The molecule has 0 aliphatic heterocycles. The van der Waals surface area contributed by atoms with Crippen LogP contribution in [-0.2, 0) is 0 Å². The van der Waals surface area contributed by atoms with Crippen molar-refractivity contribution >= 4 is 0 Å². The molecule has 0 spiro atoms. The second-order valence-corrected chi connectivity index (χ2v) is 5.58. The predicted octanol–water partition coefficient (Wildman–Crippen LogP) is 4.47. The van der Waals surface area contributed by atoms with Crippen LogP contribution in [0.5, 0.6) is 0 Å². The van der Waals surface area contributed by atoms with Crippen LogP contribution in [0.15, 0.2) is 24.3 Å². The van der Waals surface area contributed by atoms with Crippen LogP contribution < -0.4 is 0 Å². The lowest BCUT2D eigenvalue weighted by Gasteiger charge is -2.32. The van der Waals surface area contributed by atoms with Gasteiger partial charge in [0, 0.05) is 0 Å². The van der Waals surface area contributed by atoms with Gasteiger partial charge >= 0.3 is 0 Å². The van der Waals surface area contributed by atoms with E-state index in [1.165, 1.54) is 37.8 Å². The van der Waals surface area contributed by atoms with Crippen LogP contribution in [0.2, 0.25) is 0 Å². The van der Waals surface area contributed by atoms with Gasteiger partial charge in [0.25, 0.3) is 0 Å². The molecular weight excluding hydrogens is 227 g/mol. The van der Waals surface area contributed by atoms with Crippen LogP contribution >= 0.6 is 0 Å². The van der Waals surface area contributed by atoms with Gasteiger partial charge in [-0.1, -0.05) is 44.7 Å². The zero-order chi connectivity index (χ0) is 13.0. The number of hydrogen-bond donors (Lipinski definition) is 1. The van der Waals surface area contributed by atoms with Crippen LogP contribution in [0.4, 0.5) is 4.39 Å². The monoisotopic (exact) mass is 250 g/mol. The van der Waals surface area contributed by atoms with Crippen molar-refractivity contribution in [2.24, 2.45) is 11.8 Å². The second-order valence-electron chi connectivity index (χ2n) is 5.58. The minimum Gasteiger partial charge on any atom is -0.388 e. The van der Waals surface area contributed by atoms with Crippen LogP contribution in [0.1, 0.15) is 57.1 Å². The quantitative estimate of drug-likeness (QED) is 0.836. The van der Waals surface area contributed by atoms with E-state index >= 15 is 0 Å². The molecule has 1 aliphatic carbocycles. The van der Waals surface area contributed by atoms with Crippen molar-refractivity contribution in [3.63, 3.8) is 0 Å². The smallest absolute Gasteiger partial charge is 0.123 e. The molecule has 1 aliphatic rings. The van der Waals surface area contributed by atoms with E-state index in [1.807, 2.05) is 6.07 Å². The van der Waals surface area contributed by atoms with E-state index in [2.05, 4.69) is 6.92 Å². The van der Waals surface area contributed by atoms with Gasteiger partial charge in [-0.05, 0) is 42.4 Å². The third kappa shape index (κ3) is 3.32. The topological polar surface area (TPSA) is 20.2 Å². The Morgan fingerprint density at radius 1 is 1.39 bits per heavy atom. The number of aliphatic hydroxyl groups is 1. The molecule has 0 unspecified atom stereocenters. The Morgan fingerprint density at radius 2 is 2.22 bits per heavy atom. The number of rotatable bonds is 4. The fourth-order valence-corrected chi connectivity index (χ4v) is 3.25. The Labute approximate surface area is 109 Å². The average molecular weight is 250 g/mol. The van der Waals surface area contributed by atoms with Crippen LogP contribution in [0.25, 0.3) is 0 Å². The molecule has 0 saturated heterocycles. The lowest BCUT2D eigenvalue weighted by atomic mass is 9.76. The van der Waals surface area contributed by atoms with Crippen molar-refractivity contribution in [1.29, 1.82) is 0 Å². The number of aliphatic hydroxyl groups excluding tert-OH is 1. The number of halogens is 1. The Morgan fingerprint density at radius 3 is 2.94 bits per heavy atom. The van der Waals surface area contributed by atoms with Crippen LogP contribution in [-0.4, -0.2) is 5.11 Å². The van der Waals surface area contributed by atoms with Crippen LogP contribution in [0, 0.1) is 17.7 Å². The summed E-state index contributed by atoms with van der Waals surface area (Å²) in [6.45, 7) is 2.21. The van der Waals surface area contributed by atoms with Crippen molar-refractivity contribution in [3.8, 4) is 0 Å². The first-order valence-corrected chi connectivity index (χ1v) is 7.14. The minimum absolute atomic E-state index is 0.257. The highest BCUT2D eigenvalue weighted by Gasteiger charge is 2.27. The van der Waals surface area contributed by atoms with E-state index in [-0.39, 0.29) is 5.82 Å². The highest BCUT2D eigenvalue weighted by molar-refractivity contribution is 5.19. The molecule has 0 radical (unpaired) electrons. The van der Waals surface area contributed by atoms with E-state index in [1.54, 1.807) is 6.07 Å². The van der Waals surface area contributed by atoms with Gasteiger partial charge in [0.1, 0.15) is 5.82 Å². The third-order valence-corrected chi connectivity index (χ3v) is 4.16. The molecule has 3 atom stereocenters. The normalized spacial score (nSPS) is 25.9. The van der Waals surface area contributed by atoms with Crippen molar-refractivity contribution in [2.75, 3.05) is 0 Å². The molecule has 1 aromatic carbocycles. The molecule has 1 fully saturated rings. The molecule has 2 rings (SSSR count). The Hall–Kier alpha value is -0.890. The summed E-state index contributed by atoms with van der Waals surface area (Å²) in [6, 6.07) is 6.41. The molecule has 1 N–H and O–H groups in total. The molecule has 1 nitrogen and oxygen atoms in total. The van der Waals surface area contributed by atoms with E-state index in [0.717, 1.165) is 24.3 Å². The zero-order valence-corrected chi connectivity index (χ0v) is 11.1. The van der Waals surface area contributed by atoms with Gasteiger partial charge in [-0.3, -0.25) is 0 Å². The summed E-state index contributed by atoms with van der Waals surface area (Å²) in [4.78, 5) is 0. The standard InChI is InChI=1S/C16H23FO/c1-2-5-12-6-3-7-13(10-12)16(18)14-8-4-9-15(17)11-14/h4,8-9,11-13,16,18H,2-3,5-7,10H2,1H3/t12-,13+,16+/m0/s1. The maximum atomic E-state index is 13.2. The molecular formula is C16H23FO. The average Bonchev–Trinajstić information content (AvgIpc) is 2.39. The van der Waals surface area contributed by atoms with Gasteiger partial charge in [-0.25, -0.2) is 4.39 Å². The molecule has 0 amide bonds. The first kappa shape index (κ1) is 13.5. The lowest BCUT2D eigenvalue weighted by molar-refractivity contribution is 0.0665. The molecule has 100 valence electrons. The predicted molar refractivity (Wildman–Crippen MR) is 71.7 cm³/mol. The van der Waals surface area contributed by atoms with Crippen molar-refractivity contribution in [1.82, 2.24) is 0 Å². The summed E-state index contributed by atoms with van der Waals surface area (Å²) >= 11 is 0. The van der Waals surface area contributed by atoms with Gasteiger partial charge in [-0.2, -0.15) is 0 Å². The lowest BCUT2D eigenvalue weighted by Crippen LogP contribution is -2.21. The Balaban J connectivity index is 2.02. The Kier molecular flexibility index (Phi) is 4.76. The first-order valence-electron chi connectivity index (χ1n) is 7.14. The summed E-state index contributed by atoms with van der Waals surface area (Å²) in [5, 5.41) is 10.4. The van der Waals surface area contributed by atoms with Crippen molar-refractivity contribution < 1.29 is 9.50 Å². The van der Waals surface area contributed by atoms with Crippen LogP contribution in [0.3, 0.4) is 0 Å². The maximum Gasteiger partial charge on any atom is 0.123 e. The minimum atomic E-state index is -0.500. The zero-order valence-electron chi connectivity index (χ0n) is 11.1. The fraction of sp³-hybridized carbons (Fsp3) is 0.625. The van der Waals surface area contributed by atoms with Gasteiger partial charge < -0.3 is 5.11 Å². The third-order valence-electron chi connectivity index (χ3n) is 4.16. The van der Waals surface area contributed by atoms with Crippen molar-refractivity contribution in [3.05, 3.63) is 35.6 Å².